The largest absolute Gasteiger partial charge is 0.389 e. The number of alkyl halides is 3. The Kier molecular flexibility index (Phi) is 4.68. The molecule has 1 rings (SSSR count). The Labute approximate surface area is 89.6 Å². The van der Waals surface area contributed by atoms with Gasteiger partial charge in [-0.15, -0.1) is 0 Å². The minimum absolute atomic E-state index is 0.134. The van der Waals surface area contributed by atoms with E-state index in [0.717, 1.165) is 18.8 Å². The lowest BCUT2D eigenvalue weighted by molar-refractivity contribution is -0.133. The van der Waals surface area contributed by atoms with E-state index in [2.05, 4.69) is 6.92 Å². The highest BCUT2D eigenvalue weighted by Gasteiger charge is 2.25. The highest BCUT2D eigenvalue weighted by molar-refractivity contribution is 4.90. The van der Waals surface area contributed by atoms with Crippen LogP contribution in [0.15, 0.2) is 12.2 Å². The molecule has 0 atom stereocenters. The van der Waals surface area contributed by atoms with Crippen molar-refractivity contribution in [2.24, 2.45) is 11.8 Å². The maximum Gasteiger partial charge on any atom is 0.389 e. The second-order valence-corrected chi connectivity index (χ2v) is 4.60. The van der Waals surface area contributed by atoms with Crippen LogP contribution in [-0.4, -0.2) is 6.18 Å². The van der Waals surface area contributed by atoms with E-state index in [0.29, 0.717) is 5.92 Å². The van der Waals surface area contributed by atoms with Crippen LogP contribution in [0.3, 0.4) is 0 Å². The van der Waals surface area contributed by atoms with E-state index in [1.165, 1.54) is 12.8 Å². The van der Waals surface area contributed by atoms with Gasteiger partial charge in [-0.1, -0.05) is 31.9 Å². The molecule has 0 radical (unpaired) electrons. The van der Waals surface area contributed by atoms with Crippen LogP contribution in [0.5, 0.6) is 0 Å². The molecule has 0 unspecified atom stereocenters. The molecule has 0 aliphatic heterocycles. The van der Waals surface area contributed by atoms with Gasteiger partial charge in [-0.05, 0) is 31.1 Å². The number of halogens is 3. The first-order chi connectivity index (χ1) is 6.97. The van der Waals surface area contributed by atoms with Crippen molar-refractivity contribution in [1.29, 1.82) is 0 Å². The fraction of sp³-hybridized carbons (Fsp3) is 0.833. The van der Waals surface area contributed by atoms with E-state index in [1.807, 2.05) is 6.08 Å². The van der Waals surface area contributed by atoms with Gasteiger partial charge in [-0.25, -0.2) is 0 Å². The molecule has 0 aromatic heterocycles. The van der Waals surface area contributed by atoms with E-state index in [4.69, 9.17) is 0 Å². The molecular formula is C12H19F3. The summed E-state index contributed by atoms with van der Waals surface area (Å²) in [6.07, 6.45) is 3.84. The van der Waals surface area contributed by atoms with Crippen LogP contribution in [0.1, 0.15) is 45.4 Å². The third kappa shape index (κ3) is 5.85. The molecule has 1 fully saturated rings. The predicted octanol–water partition coefficient (Wildman–Crippen LogP) is 4.71. The lowest BCUT2D eigenvalue weighted by Crippen LogP contribution is -2.10. The van der Waals surface area contributed by atoms with Gasteiger partial charge >= 0.3 is 6.18 Å². The third-order valence-corrected chi connectivity index (χ3v) is 3.06. The van der Waals surface area contributed by atoms with E-state index in [9.17, 15) is 13.2 Å². The summed E-state index contributed by atoms with van der Waals surface area (Å²) in [5, 5.41) is 0. The maximum absolute atomic E-state index is 11.8. The molecule has 0 nitrogen and oxygen atoms in total. The molecule has 0 amide bonds. The first-order valence-corrected chi connectivity index (χ1v) is 5.71. The van der Waals surface area contributed by atoms with Crippen molar-refractivity contribution in [1.82, 2.24) is 0 Å². The van der Waals surface area contributed by atoms with Gasteiger partial charge in [0, 0.05) is 6.42 Å². The van der Waals surface area contributed by atoms with Gasteiger partial charge in [0.2, 0.25) is 0 Å². The minimum atomic E-state index is -4.01. The number of allylic oxidation sites excluding steroid dienone is 2. The Hall–Kier alpha value is -0.470. The number of rotatable bonds is 3. The third-order valence-electron chi connectivity index (χ3n) is 3.06. The van der Waals surface area contributed by atoms with Crippen molar-refractivity contribution < 1.29 is 13.2 Å². The summed E-state index contributed by atoms with van der Waals surface area (Å²) in [6.45, 7) is 2.24. The van der Waals surface area contributed by atoms with Crippen molar-refractivity contribution in [2.45, 2.75) is 51.6 Å². The molecule has 0 spiro atoms. The van der Waals surface area contributed by atoms with Crippen molar-refractivity contribution in [2.75, 3.05) is 0 Å². The average molecular weight is 220 g/mol. The topological polar surface area (TPSA) is 0 Å². The molecule has 0 aromatic carbocycles. The van der Waals surface area contributed by atoms with Crippen molar-refractivity contribution in [3.8, 4) is 0 Å². The van der Waals surface area contributed by atoms with Crippen LogP contribution in [0, 0.1) is 11.8 Å². The predicted molar refractivity (Wildman–Crippen MR) is 55.6 cm³/mol. The first-order valence-electron chi connectivity index (χ1n) is 5.71. The fourth-order valence-electron chi connectivity index (χ4n) is 2.01. The molecule has 3 heteroatoms. The summed E-state index contributed by atoms with van der Waals surface area (Å²) < 4.78 is 35.5. The second-order valence-electron chi connectivity index (χ2n) is 4.60. The van der Waals surface area contributed by atoms with Crippen LogP contribution in [0.4, 0.5) is 13.2 Å². The molecule has 15 heavy (non-hydrogen) atoms. The SMILES string of the molecule is CC1CCC(C=CCCC(F)(F)F)CC1. The molecule has 0 bridgehead atoms. The second kappa shape index (κ2) is 5.57. The standard InChI is InChI=1S/C12H19F3/c1-10-5-7-11(8-6-10)4-2-3-9-12(13,14)15/h2,4,10-11H,3,5-9H2,1H3. The molecule has 1 aliphatic rings. The smallest absolute Gasteiger partial charge is 0.171 e. The fourth-order valence-corrected chi connectivity index (χ4v) is 2.01. The molecule has 0 N–H and O–H groups in total. The van der Waals surface area contributed by atoms with Gasteiger partial charge in [-0.2, -0.15) is 13.2 Å². The van der Waals surface area contributed by atoms with Gasteiger partial charge in [0.1, 0.15) is 0 Å². The number of hydrogen-bond donors (Lipinski definition) is 0. The maximum atomic E-state index is 11.8. The average Bonchev–Trinajstić information content (AvgIpc) is 2.14. The van der Waals surface area contributed by atoms with Crippen LogP contribution < -0.4 is 0 Å². The summed E-state index contributed by atoms with van der Waals surface area (Å²) in [5.74, 6) is 1.32. The molecule has 1 saturated carbocycles. The summed E-state index contributed by atoms with van der Waals surface area (Å²) in [6, 6.07) is 0. The van der Waals surface area contributed by atoms with Gasteiger partial charge in [0.05, 0.1) is 0 Å². The van der Waals surface area contributed by atoms with Crippen LogP contribution in [-0.2, 0) is 0 Å². The van der Waals surface area contributed by atoms with Gasteiger partial charge in [0.25, 0.3) is 0 Å². The van der Waals surface area contributed by atoms with E-state index in [-0.39, 0.29) is 6.42 Å². The lowest BCUT2D eigenvalue weighted by atomic mass is 9.83. The quantitative estimate of drug-likeness (QED) is 0.604. The van der Waals surface area contributed by atoms with E-state index >= 15 is 0 Å². The Morgan fingerprint density at radius 2 is 1.73 bits per heavy atom. The van der Waals surface area contributed by atoms with Crippen molar-refractivity contribution in [3.63, 3.8) is 0 Å². The Balaban J connectivity index is 2.15. The zero-order valence-corrected chi connectivity index (χ0v) is 9.19. The van der Waals surface area contributed by atoms with Crippen molar-refractivity contribution >= 4 is 0 Å². The summed E-state index contributed by atoms with van der Waals surface area (Å²) in [5.41, 5.74) is 0. The zero-order chi connectivity index (χ0) is 11.3. The molecule has 0 heterocycles. The van der Waals surface area contributed by atoms with Crippen LogP contribution >= 0.6 is 0 Å². The first kappa shape index (κ1) is 12.6. The Bertz CT molecular complexity index is 197. The normalized spacial score (nSPS) is 28.5. The van der Waals surface area contributed by atoms with Gasteiger partial charge in [0.15, 0.2) is 0 Å². The van der Waals surface area contributed by atoms with E-state index in [1.54, 1.807) is 6.08 Å². The van der Waals surface area contributed by atoms with Crippen LogP contribution in [0.25, 0.3) is 0 Å². The lowest BCUT2D eigenvalue weighted by Gasteiger charge is -2.23. The van der Waals surface area contributed by atoms with Gasteiger partial charge in [-0.3, -0.25) is 0 Å². The number of hydrogen-bond acceptors (Lipinski definition) is 0. The monoisotopic (exact) mass is 220 g/mol. The highest BCUT2D eigenvalue weighted by atomic mass is 19.4. The summed E-state index contributed by atoms with van der Waals surface area (Å²) >= 11 is 0. The van der Waals surface area contributed by atoms with E-state index < -0.39 is 12.6 Å². The molecular weight excluding hydrogens is 201 g/mol. The Morgan fingerprint density at radius 3 is 2.27 bits per heavy atom. The Morgan fingerprint density at radius 1 is 1.13 bits per heavy atom. The summed E-state index contributed by atoms with van der Waals surface area (Å²) in [4.78, 5) is 0. The summed E-state index contributed by atoms with van der Waals surface area (Å²) in [7, 11) is 0. The molecule has 88 valence electrons. The highest BCUT2D eigenvalue weighted by Crippen LogP contribution is 2.29. The minimum Gasteiger partial charge on any atom is -0.171 e. The molecule has 1 aliphatic carbocycles. The van der Waals surface area contributed by atoms with Crippen LogP contribution in [0.2, 0.25) is 0 Å². The molecule has 0 aromatic rings. The van der Waals surface area contributed by atoms with Gasteiger partial charge < -0.3 is 0 Å². The van der Waals surface area contributed by atoms with Crippen molar-refractivity contribution in [3.05, 3.63) is 12.2 Å². The molecule has 0 saturated heterocycles. The zero-order valence-electron chi connectivity index (χ0n) is 9.19.